The first-order valence-electron chi connectivity index (χ1n) is 9.69. The third-order valence-electron chi connectivity index (χ3n) is 4.70. The largest absolute Gasteiger partial charge is 0.349 e. The molecular formula is C24H33NO. The molecule has 0 bridgehead atoms. The lowest BCUT2D eigenvalue weighted by molar-refractivity contribution is -0.121. The van der Waals surface area contributed by atoms with E-state index in [1.807, 2.05) is 18.2 Å². The quantitative estimate of drug-likeness (QED) is 0.669. The summed E-state index contributed by atoms with van der Waals surface area (Å²) in [6.45, 7) is 11.0. The van der Waals surface area contributed by atoms with Crippen LogP contribution in [-0.2, 0) is 16.6 Å². The van der Waals surface area contributed by atoms with Crippen LogP contribution in [0.25, 0.3) is 0 Å². The van der Waals surface area contributed by atoms with Crippen molar-refractivity contribution in [3.63, 3.8) is 0 Å². The molecule has 1 atom stereocenters. The summed E-state index contributed by atoms with van der Waals surface area (Å²) in [6.07, 6.45) is 2.26. The number of rotatable bonds is 7. The Kier molecular flexibility index (Phi) is 7.02. The lowest BCUT2D eigenvalue weighted by atomic mass is 9.86. The molecule has 2 heteroatoms. The summed E-state index contributed by atoms with van der Waals surface area (Å²) in [5, 5.41) is 3.23. The Bertz CT molecular complexity index is 680. The number of nitrogens with one attached hydrogen (secondary N) is 1. The highest BCUT2D eigenvalue weighted by atomic mass is 16.1. The van der Waals surface area contributed by atoms with Gasteiger partial charge in [0.05, 0.1) is 6.04 Å². The standard InChI is InChI=1S/C24H33NO/c1-18(2)17-22(20-9-7-6-8-10-20)25-23(26)16-13-19-11-14-21(15-12-19)24(3,4)5/h6-12,14-15,18,22H,13,16-17H2,1-5H3,(H,25,26)/t22-/m0/s1. The molecule has 0 fully saturated rings. The maximum Gasteiger partial charge on any atom is 0.220 e. The second-order valence-corrected chi connectivity index (χ2v) is 8.61. The van der Waals surface area contributed by atoms with Crippen LogP contribution in [0.15, 0.2) is 54.6 Å². The van der Waals surface area contributed by atoms with Gasteiger partial charge in [0.2, 0.25) is 5.91 Å². The van der Waals surface area contributed by atoms with Gasteiger partial charge < -0.3 is 5.32 Å². The fraction of sp³-hybridized carbons (Fsp3) is 0.458. The molecule has 0 heterocycles. The second-order valence-electron chi connectivity index (χ2n) is 8.61. The van der Waals surface area contributed by atoms with E-state index in [4.69, 9.17) is 0 Å². The first-order chi connectivity index (χ1) is 12.3. The molecule has 2 aromatic carbocycles. The van der Waals surface area contributed by atoms with Gasteiger partial charge in [0.25, 0.3) is 0 Å². The number of aryl methyl sites for hydroxylation is 1. The minimum atomic E-state index is 0.0898. The maximum absolute atomic E-state index is 12.5. The average molecular weight is 352 g/mol. The molecule has 1 N–H and O–H groups in total. The number of hydrogen-bond acceptors (Lipinski definition) is 1. The van der Waals surface area contributed by atoms with Crippen LogP contribution in [0.3, 0.4) is 0 Å². The maximum atomic E-state index is 12.5. The van der Waals surface area contributed by atoms with Crippen LogP contribution in [0.4, 0.5) is 0 Å². The van der Waals surface area contributed by atoms with Crippen LogP contribution >= 0.6 is 0 Å². The van der Waals surface area contributed by atoms with Crippen molar-refractivity contribution < 1.29 is 4.79 Å². The normalized spacial score (nSPS) is 12.8. The first kappa shape index (κ1) is 20.2. The van der Waals surface area contributed by atoms with Gasteiger partial charge in [-0.05, 0) is 40.9 Å². The Morgan fingerprint density at radius 3 is 2.12 bits per heavy atom. The molecule has 0 radical (unpaired) electrons. The van der Waals surface area contributed by atoms with Crippen LogP contribution in [0, 0.1) is 5.92 Å². The second kappa shape index (κ2) is 9.02. The number of benzene rings is 2. The minimum Gasteiger partial charge on any atom is -0.349 e. The smallest absolute Gasteiger partial charge is 0.220 e. The zero-order valence-electron chi connectivity index (χ0n) is 16.9. The molecule has 2 nitrogen and oxygen atoms in total. The topological polar surface area (TPSA) is 29.1 Å². The third-order valence-corrected chi connectivity index (χ3v) is 4.70. The number of carbonyl (C=O) groups is 1. The van der Waals surface area contributed by atoms with Crippen molar-refractivity contribution in [2.75, 3.05) is 0 Å². The van der Waals surface area contributed by atoms with Gasteiger partial charge >= 0.3 is 0 Å². The van der Waals surface area contributed by atoms with Crippen LogP contribution in [0.5, 0.6) is 0 Å². The van der Waals surface area contributed by atoms with E-state index in [0.29, 0.717) is 12.3 Å². The summed E-state index contributed by atoms with van der Waals surface area (Å²) in [5.74, 6) is 0.657. The Morgan fingerprint density at radius 1 is 0.962 bits per heavy atom. The Labute approximate surface area is 159 Å². The lowest BCUT2D eigenvalue weighted by Gasteiger charge is -2.21. The van der Waals surface area contributed by atoms with Gasteiger partial charge in [0.1, 0.15) is 0 Å². The van der Waals surface area contributed by atoms with Crippen LogP contribution in [0.2, 0.25) is 0 Å². The van der Waals surface area contributed by atoms with Gasteiger partial charge in [-0.25, -0.2) is 0 Å². The van der Waals surface area contributed by atoms with Crippen molar-refractivity contribution in [1.29, 1.82) is 0 Å². The highest BCUT2D eigenvalue weighted by Crippen LogP contribution is 2.23. The molecular weight excluding hydrogens is 318 g/mol. The molecule has 0 aliphatic rings. The Morgan fingerprint density at radius 2 is 1.58 bits per heavy atom. The first-order valence-corrected chi connectivity index (χ1v) is 9.69. The van der Waals surface area contributed by atoms with Crippen molar-refractivity contribution in [2.45, 2.75) is 65.3 Å². The molecule has 0 aliphatic carbocycles. The summed E-state index contributed by atoms with van der Waals surface area (Å²) in [5.41, 5.74) is 3.89. The van der Waals surface area contributed by atoms with E-state index in [0.717, 1.165) is 12.8 Å². The molecule has 1 amide bonds. The van der Waals surface area contributed by atoms with E-state index in [9.17, 15) is 4.79 Å². The Hall–Kier alpha value is -2.09. The molecule has 140 valence electrons. The van der Waals surface area contributed by atoms with Crippen LogP contribution in [0.1, 0.15) is 70.2 Å². The fourth-order valence-electron chi connectivity index (χ4n) is 3.13. The van der Waals surface area contributed by atoms with Crippen LogP contribution in [-0.4, -0.2) is 5.91 Å². The summed E-state index contributed by atoms with van der Waals surface area (Å²) in [7, 11) is 0. The minimum absolute atomic E-state index is 0.0898. The van der Waals surface area contributed by atoms with E-state index in [2.05, 4.69) is 76.3 Å². The number of carbonyl (C=O) groups excluding carboxylic acids is 1. The molecule has 0 saturated carbocycles. The van der Waals surface area contributed by atoms with Crippen molar-refractivity contribution in [3.05, 3.63) is 71.3 Å². The zero-order chi connectivity index (χ0) is 19.2. The van der Waals surface area contributed by atoms with Gasteiger partial charge in [0, 0.05) is 6.42 Å². The summed E-state index contributed by atoms with van der Waals surface area (Å²) in [6, 6.07) is 19.0. The van der Waals surface area contributed by atoms with E-state index in [1.165, 1.54) is 16.7 Å². The molecule has 0 unspecified atom stereocenters. The number of hydrogen-bond donors (Lipinski definition) is 1. The molecule has 0 aromatic heterocycles. The van der Waals surface area contributed by atoms with Crippen molar-refractivity contribution in [1.82, 2.24) is 5.32 Å². The molecule has 2 rings (SSSR count). The van der Waals surface area contributed by atoms with Gasteiger partial charge in [-0.1, -0.05) is 89.2 Å². The SMILES string of the molecule is CC(C)C[C@H](NC(=O)CCc1ccc(C(C)(C)C)cc1)c1ccccc1. The summed E-state index contributed by atoms with van der Waals surface area (Å²) >= 11 is 0. The zero-order valence-corrected chi connectivity index (χ0v) is 16.9. The number of amides is 1. The van der Waals surface area contributed by atoms with Crippen LogP contribution < -0.4 is 5.32 Å². The van der Waals surface area contributed by atoms with E-state index in [1.54, 1.807) is 0 Å². The monoisotopic (exact) mass is 351 g/mol. The average Bonchev–Trinajstić information content (AvgIpc) is 2.59. The lowest BCUT2D eigenvalue weighted by Crippen LogP contribution is -2.29. The highest BCUT2D eigenvalue weighted by molar-refractivity contribution is 5.76. The third kappa shape index (κ3) is 6.33. The Balaban J connectivity index is 1.93. The van der Waals surface area contributed by atoms with Gasteiger partial charge in [-0.3, -0.25) is 4.79 Å². The molecule has 0 saturated heterocycles. The molecule has 26 heavy (non-hydrogen) atoms. The highest BCUT2D eigenvalue weighted by Gasteiger charge is 2.16. The summed E-state index contributed by atoms with van der Waals surface area (Å²) < 4.78 is 0. The van der Waals surface area contributed by atoms with Crippen molar-refractivity contribution in [2.24, 2.45) is 5.92 Å². The van der Waals surface area contributed by atoms with E-state index >= 15 is 0 Å². The van der Waals surface area contributed by atoms with E-state index < -0.39 is 0 Å². The van der Waals surface area contributed by atoms with Crippen molar-refractivity contribution >= 4 is 5.91 Å². The molecule has 0 aliphatic heterocycles. The predicted octanol–water partition coefficient (Wildman–Crippen LogP) is 5.82. The van der Waals surface area contributed by atoms with E-state index in [-0.39, 0.29) is 17.4 Å². The molecule has 2 aromatic rings. The molecule has 0 spiro atoms. The van der Waals surface area contributed by atoms with Gasteiger partial charge in [-0.15, -0.1) is 0 Å². The van der Waals surface area contributed by atoms with Crippen molar-refractivity contribution in [3.8, 4) is 0 Å². The van der Waals surface area contributed by atoms with Gasteiger partial charge in [0.15, 0.2) is 0 Å². The summed E-state index contributed by atoms with van der Waals surface area (Å²) in [4.78, 5) is 12.5. The fourth-order valence-corrected chi connectivity index (χ4v) is 3.13. The van der Waals surface area contributed by atoms with Gasteiger partial charge in [-0.2, -0.15) is 0 Å². The predicted molar refractivity (Wildman–Crippen MR) is 110 cm³/mol.